The minimum Gasteiger partial charge on any atom is -0.358 e. The molecule has 0 saturated carbocycles. The van der Waals surface area contributed by atoms with E-state index < -0.39 is 0 Å². The molecule has 0 N–H and O–H groups in total. The first-order valence-corrected chi connectivity index (χ1v) is 12.6. The highest BCUT2D eigenvalue weighted by molar-refractivity contribution is 5.44. The van der Waals surface area contributed by atoms with Crippen molar-refractivity contribution in [2.75, 3.05) is 0 Å². The molecule has 2 aromatic heterocycles. The van der Waals surface area contributed by atoms with E-state index in [1.807, 2.05) is 49.5 Å². The van der Waals surface area contributed by atoms with Crippen LogP contribution in [0.2, 0.25) is 0 Å². The van der Waals surface area contributed by atoms with Crippen LogP contribution < -0.4 is 9.13 Å². The maximum absolute atomic E-state index is 4.39. The lowest BCUT2D eigenvalue weighted by molar-refractivity contribution is -0.659. The van der Waals surface area contributed by atoms with Crippen LogP contribution in [-0.2, 0) is 41.0 Å². The highest BCUT2D eigenvalue weighted by Crippen LogP contribution is 2.23. The van der Waals surface area contributed by atoms with E-state index in [-0.39, 0.29) is 14.9 Å². The fraction of sp³-hybridized carbons (Fsp3) is 0.379. The average molecular weight is 531 g/mol. The van der Waals surface area contributed by atoms with Gasteiger partial charge in [-0.05, 0) is 96.2 Å². The van der Waals surface area contributed by atoms with Crippen molar-refractivity contribution in [1.82, 2.24) is 19.6 Å². The topological polar surface area (TPSA) is 92.8 Å². The zero-order valence-corrected chi connectivity index (χ0v) is 24.6. The molecule has 208 valence electrons. The van der Waals surface area contributed by atoms with Crippen LogP contribution in [0.25, 0.3) is 0 Å². The van der Waals surface area contributed by atoms with Gasteiger partial charge in [-0.2, -0.15) is 0 Å². The standard InChI is InChI=1S/C27H36N10.2CH3/c1-20-16-24(30-32-26-34(3)18-28-36(26)5)14-12-22(20)10-8-7-9-11-23-13-15-25(17-21(23)2)31-33-27-35(4)19-29-37(27)6;;/h12-19H,7-11H2,1-6H3;2*1H3/q+2;2*-1. The number of benzene rings is 2. The molecular weight excluding hydrogens is 488 g/mol. The molecule has 4 aromatic rings. The van der Waals surface area contributed by atoms with Gasteiger partial charge in [0.25, 0.3) is 0 Å². The van der Waals surface area contributed by atoms with Crippen molar-refractivity contribution in [3.63, 3.8) is 0 Å². The van der Waals surface area contributed by atoms with Crippen molar-refractivity contribution in [3.8, 4) is 0 Å². The number of hydrogen-bond acceptors (Lipinski definition) is 6. The number of aryl methyl sites for hydroxylation is 8. The maximum atomic E-state index is 4.39. The van der Waals surface area contributed by atoms with Crippen LogP contribution >= 0.6 is 0 Å². The molecule has 0 unspecified atom stereocenters. The Morgan fingerprint density at radius 2 is 1.05 bits per heavy atom. The molecule has 10 heteroatoms. The van der Waals surface area contributed by atoms with Gasteiger partial charge < -0.3 is 14.9 Å². The van der Waals surface area contributed by atoms with Crippen LogP contribution in [0.3, 0.4) is 0 Å². The molecule has 0 aliphatic rings. The van der Waals surface area contributed by atoms with E-state index in [1.165, 1.54) is 41.5 Å². The number of unbranched alkanes of at least 4 members (excludes halogenated alkanes) is 2. The predicted octanol–water partition coefficient (Wildman–Crippen LogP) is 6.11. The average Bonchev–Trinajstić information content (AvgIpc) is 3.37. The van der Waals surface area contributed by atoms with Gasteiger partial charge in [0.1, 0.15) is 0 Å². The molecular formula is C29H42N10. The Bertz CT molecular complexity index is 1280. The van der Waals surface area contributed by atoms with E-state index in [1.54, 1.807) is 22.0 Å². The zero-order chi connectivity index (χ0) is 26.4. The molecule has 0 saturated heterocycles. The second kappa shape index (κ2) is 14.2. The summed E-state index contributed by atoms with van der Waals surface area (Å²) in [5.41, 5.74) is 6.97. The van der Waals surface area contributed by atoms with E-state index in [0.717, 1.165) is 24.2 Å². The summed E-state index contributed by atoms with van der Waals surface area (Å²) >= 11 is 0. The van der Waals surface area contributed by atoms with E-state index >= 15 is 0 Å². The Morgan fingerprint density at radius 3 is 1.38 bits per heavy atom. The van der Waals surface area contributed by atoms with Gasteiger partial charge in [-0.25, -0.2) is 9.13 Å². The van der Waals surface area contributed by atoms with Gasteiger partial charge in [-0.15, -0.1) is 9.36 Å². The van der Waals surface area contributed by atoms with Crippen LogP contribution in [0.1, 0.15) is 41.5 Å². The number of rotatable bonds is 10. The van der Waals surface area contributed by atoms with Crippen LogP contribution in [0.5, 0.6) is 0 Å². The first kappa shape index (κ1) is 31.1. The van der Waals surface area contributed by atoms with Gasteiger partial charge in [0.15, 0.2) is 0 Å². The van der Waals surface area contributed by atoms with E-state index in [0.29, 0.717) is 11.9 Å². The third kappa shape index (κ3) is 7.95. The SMILES string of the molecule is Cc1cc(N=Nc2n(C)nc[n+]2C)ccc1CCCCCc1ccc(N=Nc2n(C)nc[n+]2C)cc1C.[CH3-].[CH3-]. The van der Waals surface area contributed by atoms with Gasteiger partial charge >= 0.3 is 11.9 Å². The van der Waals surface area contributed by atoms with Crippen molar-refractivity contribution in [2.24, 2.45) is 48.6 Å². The fourth-order valence-electron chi connectivity index (χ4n) is 4.30. The molecule has 0 bridgehead atoms. The van der Waals surface area contributed by atoms with Crippen LogP contribution in [0, 0.1) is 28.7 Å². The number of azo groups is 2. The Hall–Kier alpha value is -4.08. The van der Waals surface area contributed by atoms with Gasteiger partial charge in [0.05, 0.1) is 39.6 Å². The summed E-state index contributed by atoms with van der Waals surface area (Å²) in [6.45, 7) is 4.30. The van der Waals surface area contributed by atoms with Crippen LogP contribution in [0.15, 0.2) is 69.5 Å². The summed E-state index contributed by atoms with van der Waals surface area (Å²) in [4.78, 5) is 0. The molecule has 2 heterocycles. The van der Waals surface area contributed by atoms with E-state index in [2.05, 4.69) is 68.8 Å². The molecule has 0 aliphatic carbocycles. The number of aromatic nitrogens is 6. The normalized spacial score (nSPS) is 11.2. The number of hydrogen-bond donors (Lipinski definition) is 0. The van der Waals surface area contributed by atoms with Crippen molar-refractivity contribution >= 4 is 23.3 Å². The van der Waals surface area contributed by atoms with Gasteiger partial charge in [0, 0.05) is 10.2 Å². The molecule has 0 atom stereocenters. The third-order valence-corrected chi connectivity index (χ3v) is 6.56. The third-order valence-electron chi connectivity index (χ3n) is 6.56. The summed E-state index contributed by atoms with van der Waals surface area (Å²) in [6.07, 6.45) is 9.11. The zero-order valence-electron chi connectivity index (χ0n) is 24.6. The first-order chi connectivity index (χ1) is 17.8. The summed E-state index contributed by atoms with van der Waals surface area (Å²) in [7, 11) is 7.53. The van der Waals surface area contributed by atoms with E-state index in [9.17, 15) is 0 Å². The Balaban J connectivity index is 0.00000267. The second-order valence-corrected chi connectivity index (χ2v) is 9.51. The minimum absolute atomic E-state index is 0. The molecule has 10 nitrogen and oxygen atoms in total. The Morgan fingerprint density at radius 1 is 0.641 bits per heavy atom. The number of nitrogens with zero attached hydrogens (tertiary/aromatic N) is 10. The van der Waals surface area contributed by atoms with Crippen LogP contribution in [0.4, 0.5) is 23.3 Å². The lowest BCUT2D eigenvalue weighted by atomic mass is 9.98. The van der Waals surface area contributed by atoms with Gasteiger partial charge in [-0.1, -0.05) is 28.8 Å². The molecule has 4 rings (SSSR count). The molecule has 2 aromatic carbocycles. The first-order valence-electron chi connectivity index (χ1n) is 12.6. The monoisotopic (exact) mass is 530 g/mol. The summed E-state index contributed by atoms with van der Waals surface area (Å²) < 4.78 is 7.09. The maximum Gasteiger partial charge on any atom is 0.403 e. The van der Waals surface area contributed by atoms with Crippen molar-refractivity contribution in [1.29, 1.82) is 0 Å². The predicted molar refractivity (Wildman–Crippen MR) is 154 cm³/mol. The Labute approximate surface area is 232 Å². The summed E-state index contributed by atoms with van der Waals surface area (Å²) in [6, 6.07) is 12.6. The van der Waals surface area contributed by atoms with Crippen LogP contribution in [-0.4, -0.2) is 19.6 Å². The smallest absolute Gasteiger partial charge is 0.358 e. The Kier molecular flexibility index (Phi) is 11.3. The molecule has 0 radical (unpaired) electrons. The fourth-order valence-corrected chi connectivity index (χ4v) is 4.30. The summed E-state index contributed by atoms with van der Waals surface area (Å²) in [5.74, 6) is 1.41. The molecule has 39 heavy (non-hydrogen) atoms. The van der Waals surface area contributed by atoms with Gasteiger partial charge in [0.2, 0.25) is 12.7 Å². The van der Waals surface area contributed by atoms with Crippen molar-refractivity contribution in [3.05, 3.63) is 86.2 Å². The van der Waals surface area contributed by atoms with Crippen molar-refractivity contribution in [2.45, 2.75) is 46.0 Å². The molecule has 0 fully saturated rings. The van der Waals surface area contributed by atoms with E-state index in [4.69, 9.17) is 0 Å². The van der Waals surface area contributed by atoms with Crippen molar-refractivity contribution < 1.29 is 9.13 Å². The molecule has 0 aliphatic heterocycles. The summed E-state index contributed by atoms with van der Waals surface area (Å²) in [5, 5.41) is 25.8. The molecule has 0 spiro atoms. The highest BCUT2D eigenvalue weighted by atomic mass is 15.4. The lowest BCUT2D eigenvalue weighted by Crippen LogP contribution is -2.25. The lowest BCUT2D eigenvalue weighted by Gasteiger charge is -2.08. The second-order valence-electron chi connectivity index (χ2n) is 9.51. The minimum atomic E-state index is 0. The molecule has 0 amide bonds. The quantitative estimate of drug-likeness (QED) is 0.107. The largest absolute Gasteiger partial charge is 0.403 e. The van der Waals surface area contributed by atoms with Gasteiger partial charge in [-0.3, -0.25) is 0 Å². The highest BCUT2D eigenvalue weighted by Gasteiger charge is 2.12.